The van der Waals surface area contributed by atoms with Crippen LogP contribution in [0.2, 0.25) is 38.3 Å². The summed E-state index contributed by atoms with van der Waals surface area (Å²) in [7, 11) is -3.62. The fourth-order valence-electron chi connectivity index (χ4n) is 2.63. The Morgan fingerprint density at radius 1 is 0.696 bits per heavy atom. The van der Waals surface area contributed by atoms with Crippen molar-refractivity contribution in [2.75, 3.05) is 0 Å². The molecule has 0 spiro atoms. The normalized spacial score (nSPS) is 11.6. The first kappa shape index (κ1) is 21.4. The fraction of sp³-hybridized carbons (Fsp3) is 0.750. The van der Waals surface area contributed by atoms with Crippen LogP contribution in [-0.2, 0) is 4.12 Å². The van der Waals surface area contributed by atoms with Crippen LogP contribution >= 0.6 is 0 Å². The summed E-state index contributed by atoms with van der Waals surface area (Å²) in [6.45, 7) is 8.73. The van der Waals surface area contributed by atoms with Crippen molar-refractivity contribution in [1.82, 2.24) is 0 Å². The zero-order valence-corrected chi connectivity index (χ0v) is 16.6. The average molecular weight is 347 g/mol. The van der Waals surface area contributed by atoms with Gasteiger partial charge in [0.25, 0.3) is 0 Å². The molecule has 0 aliphatic heterocycles. The number of hydrogen-bond donors (Lipinski definition) is 0. The van der Waals surface area contributed by atoms with Crippen molar-refractivity contribution < 1.29 is 4.12 Å². The molecule has 124 valence electrons. The van der Waals surface area contributed by atoms with E-state index in [-0.39, 0.29) is 0 Å². The molecule has 0 amide bonds. The van der Waals surface area contributed by atoms with Gasteiger partial charge >= 0.3 is 0 Å². The molecule has 0 atom stereocenters. The van der Waals surface area contributed by atoms with Gasteiger partial charge in [0.15, 0.2) is 16.6 Å². The van der Waals surface area contributed by atoms with Gasteiger partial charge in [-0.15, -0.1) is 0 Å². The maximum atomic E-state index is 8.79. The maximum absolute atomic E-state index is 8.79. The Morgan fingerprint density at radius 3 is 1.26 bits per heavy atom. The summed E-state index contributed by atoms with van der Waals surface area (Å²) in [4.78, 5) is 0. The molecule has 0 aromatic carbocycles. The monoisotopic (exact) mass is 346 g/mol. The summed E-state index contributed by atoms with van der Waals surface area (Å²) >= 11 is 0. The molecule has 0 unspecified atom stereocenters. The summed E-state index contributed by atoms with van der Waals surface area (Å²) in [6.07, 6.45) is 2.92. The predicted octanol–water partition coefficient (Wildman–Crippen LogP) is 4.30. The Labute approximate surface area is 142 Å². The van der Waals surface area contributed by atoms with E-state index in [2.05, 4.69) is 26.2 Å². The van der Waals surface area contributed by atoms with E-state index >= 15 is 0 Å². The number of rotatable bonds is 10. The summed E-state index contributed by atoms with van der Waals surface area (Å²) in [6, 6.07) is 9.91. The van der Waals surface area contributed by atoms with Crippen LogP contribution in [0.5, 0.6) is 0 Å². The van der Waals surface area contributed by atoms with Gasteiger partial charge in [-0.05, 0) is 51.1 Å². The maximum Gasteiger partial charge on any atom is 0.173 e. The van der Waals surface area contributed by atoms with Gasteiger partial charge in [-0.2, -0.15) is 21.0 Å². The number of hydrogen-bond acceptors (Lipinski definition) is 5. The van der Waals surface area contributed by atoms with Crippen LogP contribution in [0.25, 0.3) is 0 Å². The molecule has 0 N–H and O–H groups in total. The van der Waals surface area contributed by atoms with Crippen LogP contribution in [0.4, 0.5) is 0 Å². The topological polar surface area (TPSA) is 104 Å². The minimum Gasteiger partial charge on any atom is -0.455 e. The molecule has 0 radical (unpaired) electrons. The van der Waals surface area contributed by atoms with Crippen molar-refractivity contribution in [3.8, 4) is 24.3 Å². The second-order valence-corrected chi connectivity index (χ2v) is 15.9. The standard InChI is InChI=1S/C16H26N4OSi2/c1-22(2,9-5-7-15(11-17)12-18)21-23(3,4)10-6-8-16(13-19)14-20/h15-16H,5-10H2,1-4H3. The fourth-order valence-corrected chi connectivity index (χ4v) is 11.5. The van der Waals surface area contributed by atoms with Crippen LogP contribution < -0.4 is 0 Å². The van der Waals surface area contributed by atoms with Gasteiger partial charge in [-0.25, -0.2) is 0 Å². The van der Waals surface area contributed by atoms with Crippen molar-refractivity contribution >= 4 is 16.6 Å². The summed E-state index contributed by atoms with van der Waals surface area (Å²) in [5, 5.41) is 35.2. The van der Waals surface area contributed by atoms with E-state index < -0.39 is 28.5 Å². The van der Waals surface area contributed by atoms with Gasteiger partial charge < -0.3 is 4.12 Å². The Balaban J connectivity index is 4.30. The van der Waals surface area contributed by atoms with Crippen molar-refractivity contribution in [2.24, 2.45) is 11.8 Å². The van der Waals surface area contributed by atoms with Gasteiger partial charge in [0, 0.05) is 0 Å². The van der Waals surface area contributed by atoms with Crippen molar-refractivity contribution in [3.63, 3.8) is 0 Å². The van der Waals surface area contributed by atoms with Crippen LogP contribution in [0.1, 0.15) is 25.7 Å². The molecule has 0 saturated carbocycles. The minimum atomic E-state index is -1.81. The highest BCUT2D eigenvalue weighted by molar-refractivity contribution is 6.84. The minimum absolute atomic E-state index is 0.515. The van der Waals surface area contributed by atoms with E-state index in [9.17, 15) is 0 Å². The first-order valence-corrected chi connectivity index (χ1v) is 14.2. The Kier molecular flexibility index (Phi) is 9.46. The van der Waals surface area contributed by atoms with E-state index in [1.54, 1.807) is 0 Å². The highest BCUT2D eigenvalue weighted by atomic mass is 28.4. The number of nitrogens with zero attached hydrogens (tertiary/aromatic N) is 4. The SMILES string of the molecule is C[Si](C)(CCCC(C#N)C#N)O[Si](C)(C)CCCC(C#N)C#N. The van der Waals surface area contributed by atoms with Crippen LogP contribution in [-0.4, -0.2) is 16.6 Å². The van der Waals surface area contributed by atoms with E-state index in [4.69, 9.17) is 25.2 Å². The molecule has 23 heavy (non-hydrogen) atoms. The zero-order valence-electron chi connectivity index (χ0n) is 14.6. The Morgan fingerprint density at radius 2 is 1.00 bits per heavy atom. The van der Waals surface area contributed by atoms with E-state index in [1.807, 2.05) is 24.3 Å². The largest absolute Gasteiger partial charge is 0.455 e. The Bertz CT molecular complexity index is 458. The third-order valence-electron chi connectivity index (χ3n) is 3.72. The third kappa shape index (κ3) is 9.87. The molecule has 0 fully saturated rings. The highest BCUT2D eigenvalue weighted by Crippen LogP contribution is 2.26. The van der Waals surface area contributed by atoms with Crippen LogP contribution in [0.3, 0.4) is 0 Å². The molecule has 0 bridgehead atoms. The summed E-state index contributed by atoms with van der Waals surface area (Å²) < 4.78 is 6.47. The molecule has 0 saturated heterocycles. The first-order chi connectivity index (χ1) is 10.7. The van der Waals surface area contributed by atoms with Gasteiger partial charge in [0.1, 0.15) is 11.8 Å². The lowest BCUT2D eigenvalue weighted by atomic mass is 10.1. The molecule has 7 heteroatoms. The second-order valence-electron chi connectivity index (χ2n) is 7.03. The van der Waals surface area contributed by atoms with Gasteiger partial charge in [0.05, 0.1) is 24.3 Å². The summed E-state index contributed by atoms with van der Waals surface area (Å²) in [5.74, 6) is -1.03. The Hall–Kier alpha value is -1.65. The van der Waals surface area contributed by atoms with E-state index in [0.717, 1.165) is 24.9 Å². The quantitative estimate of drug-likeness (QED) is 0.548. The van der Waals surface area contributed by atoms with Gasteiger partial charge in [-0.3, -0.25) is 0 Å². The predicted molar refractivity (Wildman–Crippen MR) is 93.6 cm³/mol. The molecular weight excluding hydrogens is 320 g/mol. The van der Waals surface area contributed by atoms with E-state index in [0.29, 0.717) is 12.8 Å². The molecular formula is C16H26N4OSi2. The number of nitriles is 4. The summed E-state index contributed by atoms with van der Waals surface area (Å²) in [5.41, 5.74) is 0. The lowest BCUT2D eigenvalue weighted by Gasteiger charge is -2.34. The highest BCUT2D eigenvalue weighted by Gasteiger charge is 2.32. The first-order valence-electron chi connectivity index (χ1n) is 7.98. The van der Waals surface area contributed by atoms with Crippen molar-refractivity contribution in [3.05, 3.63) is 0 Å². The molecule has 5 nitrogen and oxygen atoms in total. The van der Waals surface area contributed by atoms with Crippen molar-refractivity contribution in [2.45, 2.75) is 64.0 Å². The van der Waals surface area contributed by atoms with Crippen molar-refractivity contribution in [1.29, 1.82) is 21.0 Å². The van der Waals surface area contributed by atoms with Gasteiger partial charge in [-0.1, -0.05) is 12.8 Å². The molecule has 0 aliphatic carbocycles. The third-order valence-corrected chi connectivity index (χ3v) is 11.3. The zero-order chi connectivity index (χ0) is 17.9. The lowest BCUT2D eigenvalue weighted by molar-refractivity contribution is 0.522. The molecule has 0 heterocycles. The van der Waals surface area contributed by atoms with E-state index in [1.165, 1.54) is 0 Å². The average Bonchev–Trinajstić information content (AvgIpc) is 2.47. The van der Waals surface area contributed by atoms with Gasteiger partial charge in [0.2, 0.25) is 0 Å². The smallest absolute Gasteiger partial charge is 0.173 e. The molecule has 0 aromatic rings. The molecule has 0 rings (SSSR count). The van der Waals surface area contributed by atoms with Crippen LogP contribution in [0, 0.1) is 57.2 Å². The molecule has 0 aliphatic rings. The van der Waals surface area contributed by atoms with Crippen LogP contribution in [0.15, 0.2) is 0 Å². The molecule has 0 aromatic heterocycles. The second kappa shape index (κ2) is 10.2. The lowest BCUT2D eigenvalue weighted by Crippen LogP contribution is -2.44.